The summed E-state index contributed by atoms with van der Waals surface area (Å²) in [5.41, 5.74) is 2.11. The number of carbonyl (C=O) groups is 1. The summed E-state index contributed by atoms with van der Waals surface area (Å²) in [6.45, 7) is 0. The number of benzene rings is 1. The Hall–Kier alpha value is -0.830. The minimum Gasteiger partial charge on any atom is -0.453 e. The summed E-state index contributed by atoms with van der Waals surface area (Å²) in [5.74, 6) is -0.0730. The van der Waals surface area contributed by atoms with Gasteiger partial charge in [0.05, 0.1) is 4.83 Å². The largest absolute Gasteiger partial charge is 0.453 e. The third kappa shape index (κ3) is 1.19. The van der Waals surface area contributed by atoms with Gasteiger partial charge in [0.25, 0.3) is 0 Å². The lowest BCUT2D eigenvalue weighted by Gasteiger charge is -2.27. The highest BCUT2D eigenvalue weighted by Gasteiger charge is 2.52. The summed E-state index contributed by atoms with van der Waals surface area (Å²) in [6.07, 6.45) is 2.29. The molecule has 2 aliphatic rings. The first-order valence-electron chi connectivity index (χ1n) is 5.17. The Morgan fingerprint density at radius 3 is 2.93 bits per heavy atom. The summed E-state index contributed by atoms with van der Waals surface area (Å²) < 4.78 is 5.56. The van der Waals surface area contributed by atoms with E-state index in [1.54, 1.807) is 0 Å². The van der Waals surface area contributed by atoms with Gasteiger partial charge in [-0.15, -0.1) is 0 Å². The van der Waals surface area contributed by atoms with Crippen LogP contribution >= 0.6 is 15.9 Å². The van der Waals surface area contributed by atoms with Crippen LogP contribution in [0.2, 0.25) is 0 Å². The number of carbonyl (C=O) groups excluding carboxylic acids is 1. The maximum atomic E-state index is 11.3. The van der Waals surface area contributed by atoms with Crippen LogP contribution in [-0.4, -0.2) is 10.8 Å². The Balaban J connectivity index is 2.13. The second-order valence-electron chi connectivity index (χ2n) is 4.19. The molecule has 1 aliphatic carbocycles. The van der Waals surface area contributed by atoms with E-state index in [1.165, 1.54) is 11.1 Å². The molecule has 1 spiro atoms. The Labute approximate surface area is 96.8 Å². The van der Waals surface area contributed by atoms with E-state index >= 15 is 0 Å². The fourth-order valence-corrected chi connectivity index (χ4v) is 3.56. The molecule has 0 saturated carbocycles. The van der Waals surface area contributed by atoms with Crippen molar-refractivity contribution in [2.24, 2.45) is 0 Å². The molecule has 3 heteroatoms. The topological polar surface area (TPSA) is 26.3 Å². The van der Waals surface area contributed by atoms with Crippen LogP contribution in [-0.2, 0) is 21.6 Å². The molecule has 0 unspecified atom stereocenters. The molecule has 1 heterocycles. The monoisotopic (exact) mass is 266 g/mol. The fraction of sp³-hybridized carbons (Fsp3) is 0.417. The first-order valence-corrected chi connectivity index (χ1v) is 6.08. The van der Waals surface area contributed by atoms with Gasteiger partial charge in [-0.1, -0.05) is 40.2 Å². The van der Waals surface area contributed by atoms with E-state index in [0.717, 1.165) is 12.8 Å². The molecule has 2 atom stereocenters. The zero-order chi connectivity index (χ0) is 10.5. The maximum absolute atomic E-state index is 11.3. The molecule has 0 bridgehead atoms. The number of hydrogen-bond donors (Lipinski definition) is 0. The highest BCUT2D eigenvalue weighted by atomic mass is 79.9. The van der Waals surface area contributed by atoms with Gasteiger partial charge in [-0.25, -0.2) is 0 Å². The minimum atomic E-state index is -0.381. The molecule has 0 N–H and O–H groups in total. The number of hydrogen-bond acceptors (Lipinski definition) is 2. The van der Waals surface area contributed by atoms with Gasteiger partial charge >= 0.3 is 5.97 Å². The van der Waals surface area contributed by atoms with Gasteiger partial charge in [0.1, 0.15) is 0 Å². The van der Waals surface area contributed by atoms with Crippen LogP contribution in [0.3, 0.4) is 0 Å². The number of alkyl halides is 1. The van der Waals surface area contributed by atoms with Gasteiger partial charge in [0.15, 0.2) is 5.60 Å². The SMILES string of the molecule is O=C1CC[C@@]2(O1)c1ccccc1C[C@H]2Br. The Morgan fingerprint density at radius 1 is 1.40 bits per heavy atom. The van der Waals surface area contributed by atoms with Crippen molar-refractivity contribution < 1.29 is 9.53 Å². The van der Waals surface area contributed by atoms with Crippen LogP contribution in [0.15, 0.2) is 24.3 Å². The first-order chi connectivity index (χ1) is 7.22. The fourth-order valence-electron chi connectivity index (χ4n) is 2.64. The summed E-state index contributed by atoms with van der Waals surface area (Å²) in [5, 5.41) is 0. The van der Waals surface area contributed by atoms with E-state index in [2.05, 4.69) is 28.1 Å². The molecule has 3 rings (SSSR count). The molecule has 15 heavy (non-hydrogen) atoms. The Bertz CT molecular complexity index is 429. The molecule has 0 radical (unpaired) electrons. The number of fused-ring (bicyclic) bond motifs is 2. The third-order valence-electron chi connectivity index (χ3n) is 3.37. The number of rotatable bonds is 0. The average Bonchev–Trinajstić information content (AvgIpc) is 2.73. The lowest BCUT2D eigenvalue weighted by molar-refractivity contribution is -0.148. The molecule has 1 saturated heterocycles. The van der Waals surface area contributed by atoms with Crippen molar-refractivity contribution in [1.29, 1.82) is 0 Å². The van der Waals surface area contributed by atoms with Crippen molar-refractivity contribution in [1.82, 2.24) is 0 Å². The molecular weight excluding hydrogens is 256 g/mol. The van der Waals surface area contributed by atoms with Crippen molar-refractivity contribution in [2.45, 2.75) is 29.7 Å². The van der Waals surface area contributed by atoms with Crippen molar-refractivity contribution >= 4 is 21.9 Å². The Morgan fingerprint density at radius 2 is 2.20 bits per heavy atom. The van der Waals surface area contributed by atoms with Crippen LogP contribution < -0.4 is 0 Å². The molecule has 0 aromatic heterocycles. The van der Waals surface area contributed by atoms with Gasteiger partial charge in [-0.05, 0) is 17.5 Å². The number of ether oxygens (including phenoxy) is 1. The summed E-state index contributed by atoms with van der Waals surface area (Å²) >= 11 is 3.65. The quantitative estimate of drug-likeness (QED) is 0.533. The molecule has 1 fully saturated rings. The molecule has 1 aliphatic heterocycles. The smallest absolute Gasteiger partial charge is 0.306 e. The Kier molecular flexibility index (Phi) is 1.93. The van der Waals surface area contributed by atoms with Crippen molar-refractivity contribution in [3.8, 4) is 0 Å². The summed E-state index contributed by atoms with van der Waals surface area (Å²) in [4.78, 5) is 11.5. The van der Waals surface area contributed by atoms with Crippen LogP contribution in [0.4, 0.5) is 0 Å². The van der Waals surface area contributed by atoms with Gasteiger partial charge < -0.3 is 4.74 Å². The number of esters is 1. The summed E-state index contributed by atoms with van der Waals surface area (Å²) in [7, 11) is 0. The highest BCUT2D eigenvalue weighted by molar-refractivity contribution is 9.09. The predicted octanol–water partition coefficient (Wildman–Crippen LogP) is 2.54. The molecule has 2 nitrogen and oxygen atoms in total. The second-order valence-corrected chi connectivity index (χ2v) is 5.30. The second kappa shape index (κ2) is 3.08. The number of halogens is 1. The minimum absolute atomic E-state index is 0.0730. The summed E-state index contributed by atoms with van der Waals surface area (Å²) in [6, 6.07) is 8.24. The third-order valence-corrected chi connectivity index (χ3v) is 4.44. The molecular formula is C12H11BrO2. The lowest BCUT2D eigenvalue weighted by Crippen LogP contribution is -2.31. The molecule has 0 amide bonds. The van der Waals surface area contributed by atoms with Crippen LogP contribution in [0, 0.1) is 0 Å². The van der Waals surface area contributed by atoms with E-state index in [0.29, 0.717) is 6.42 Å². The van der Waals surface area contributed by atoms with Gasteiger partial charge in [0, 0.05) is 12.8 Å². The molecule has 1 aromatic rings. The normalized spacial score (nSPS) is 33.1. The maximum Gasteiger partial charge on any atom is 0.306 e. The average molecular weight is 267 g/mol. The molecule has 1 aromatic carbocycles. The van der Waals surface area contributed by atoms with Gasteiger partial charge in [-0.3, -0.25) is 4.79 Å². The van der Waals surface area contributed by atoms with E-state index in [1.807, 2.05) is 12.1 Å². The van der Waals surface area contributed by atoms with Crippen LogP contribution in [0.25, 0.3) is 0 Å². The van der Waals surface area contributed by atoms with Crippen molar-refractivity contribution in [3.63, 3.8) is 0 Å². The van der Waals surface area contributed by atoms with Gasteiger partial charge in [-0.2, -0.15) is 0 Å². The predicted molar refractivity (Wildman–Crippen MR) is 59.9 cm³/mol. The van der Waals surface area contributed by atoms with E-state index in [4.69, 9.17) is 4.74 Å². The highest BCUT2D eigenvalue weighted by Crippen LogP contribution is 2.49. The zero-order valence-electron chi connectivity index (χ0n) is 8.20. The standard InChI is InChI=1S/C12H11BrO2/c13-10-7-8-3-1-2-4-9(8)12(10)6-5-11(14)15-12/h1-4,10H,5-7H2/t10-,12-/m1/s1. The van der Waals surface area contributed by atoms with Crippen LogP contribution in [0.5, 0.6) is 0 Å². The van der Waals surface area contributed by atoms with Crippen LogP contribution in [0.1, 0.15) is 24.0 Å². The van der Waals surface area contributed by atoms with Gasteiger partial charge in [0.2, 0.25) is 0 Å². The van der Waals surface area contributed by atoms with E-state index in [-0.39, 0.29) is 16.4 Å². The zero-order valence-corrected chi connectivity index (χ0v) is 9.79. The van der Waals surface area contributed by atoms with E-state index < -0.39 is 0 Å². The molecule has 78 valence electrons. The van der Waals surface area contributed by atoms with Crippen molar-refractivity contribution in [2.75, 3.05) is 0 Å². The van der Waals surface area contributed by atoms with E-state index in [9.17, 15) is 4.79 Å². The van der Waals surface area contributed by atoms with Crippen molar-refractivity contribution in [3.05, 3.63) is 35.4 Å². The lowest BCUT2D eigenvalue weighted by atomic mass is 9.93. The first kappa shape index (κ1) is 9.40.